The molecule has 2 aromatic rings. The molecular weight excluding hydrogens is 440 g/mol. The van der Waals surface area contributed by atoms with Gasteiger partial charge in [-0.05, 0) is 87.1 Å². The Morgan fingerprint density at radius 3 is 1.18 bits per heavy atom. The Hall–Kier alpha value is -2.09. The Morgan fingerprint density at radius 2 is 0.848 bits per heavy atom. The molecule has 0 amide bonds. The van der Waals surface area contributed by atoms with Gasteiger partial charge in [0.1, 0.15) is 11.5 Å². The molecule has 0 aromatic heterocycles. The second-order valence-electron chi connectivity index (χ2n) is 7.96. The summed E-state index contributed by atoms with van der Waals surface area (Å²) in [7, 11) is -0.156. The highest BCUT2D eigenvalue weighted by Gasteiger charge is 2.17. The van der Waals surface area contributed by atoms with Crippen LogP contribution in [0.25, 0.3) is 0 Å². The van der Waals surface area contributed by atoms with Crippen molar-refractivity contribution in [2.75, 3.05) is 40.6 Å². The zero-order valence-corrected chi connectivity index (χ0v) is 20.8. The minimum Gasteiger partial charge on any atom is -0.494 e. The minimum atomic E-state index is -3.58. The summed E-state index contributed by atoms with van der Waals surface area (Å²) in [5.41, 5.74) is 0. The van der Waals surface area contributed by atoms with E-state index in [2.05, 4.69) is 0 Å². The van der Waals surface area contributed by atoms with Gasteiger partial charge in [-0.1, -0.05) is 12.8 Å². The quantitative estimate of drug-likeness (QED) is 0.256. The van der Waals surface area contributed by atoms with Crippen LogP contribution in [0.1, 0.15) is 51.4 Å². The third kappa shape index (κ3) is 10.2. The molecule has 0 spiro atoms. The van der Waals surface area contributed by atoms with Crippen molar-refractivity contribution in [3.05, 3.63) is 48.5 Å². The van der Waals surface area contributed by atoms with E-state index in [0.717, 1.165) is 64.6 Å². The molecule has 2 rings (SSSR count). The monoisotopic (exact) mass is 478 g/mol. The highest BCUT2D eigenvalue weighted by molar-refractivity contribution is 7.91. The number of hydrogen-bond donors (Lipinski definition) is 0. The van der Waals surface area contributed by atoms with Gasteiger partial charge in [-0.2, -0.15) is 0 Å². The van der Waals surface area contributed by atoms with Gasteiger partial charge in [0.15, 0.2) is 0 Å². The lowest BCUT2D eigenvalue weighted by Gasteiger charge is -2.10. The fraction of sp³-hybridized carbons (Fsp3) is 0.538. The first-order valence-corrected chi connectivity index (χ1v) is 13.2. The van der Waals surface area contributed by atoms with Crippen LogP contribution in [0.3, 0.4) is 0 Å². The second kappa shape index (κ2) is 15.7. The lowest BCUT2D eigenvalue weighted by Crippen LogP contribution is -2.03. The third-order valence-corrected chi connectivity index (χ3v) is 7.08. The molecule has 7 heteroatoms. The average Bonchev–Trinajstić information content (AvgIpc) is 2.83. The van der Waals surface area contributed by atoms with Crippen molar-refractivity contribution in [2.24, 2.45) is 0 Å². The van der Waals surface area contributed by atoms with Crippen LogP contribution in [-0.4, -0.2) is 49.1 Å². The van der Waals surface area contributed by atoms with Crippen molar-refractivity contribution in [1.82, 2.24) is 0 Å². The van der Waals surface area contributed by atoms with E-state index in [-0.39, 0.29) is 9.79 Å². The van der Waals surface area contributed by atoms with E-state index >= 15 is 0 Å². The molecule has 0 atom stereocenters. The molecule has 0 fully saturated rings. The Labute approximate surface area is 199 Å². The molecule has 0 saturated carbocycles. The molecule has 0 aliphatic heterocycles. The van der Waals surface area contributed by atoms with Crippen molar-refractivity contribution in [3.8, 4) is 11.5 Å². The molecule has 0 N–H and O–H groups in total. The van der Waals surface area contributed by atoms with Crippen LogP contribution in [-0.2, 0) is 19.3 Å². The van der Waals surface area contributed by atoms with Crippen molar-refractivity contribution in [2.45, 2.75) is 61.2 Å². The Morgan fingerprint density at radius 1 is 0.515 bits per heavy atom. The van der Waals surface area contributed by atoms with Gasteiger partial charge in [-0.15, -0.1) is 0 Å². The van der Waals surface area contributed by atoms with Gasteiger partial charge in [0.2, 0.25) is 9.84 Å². The maximum atomic E-state index is 12.9. The van der Waals surface area contributed by atoms with E-state index in [1.165, 1.54) is 0 Å². The standard InChI is InChI=1S/C26H38O6S/c1-29-19-7-3-5-9-21-31-23-11-15-25(16-12-23)33(27,28)26-17-13-24(14-18-26)32-22-10-6-4-8-20-30-2/h11-18H,3-10,19-22H2,1-2H3. The summed E-state index contributed by atoms with van der Waals surface area (Å²) in [4.78, 5) is 0.498. The van der Waals surface area contributed by atoms with Crippen LogP contribution in [0.2, 0.25) is 0 Å². The SMILES string of the molecule is COCCCCCCOc1ccc(S(=O)(=O)c2ccc(OCCCCCCOC)cc2)cc1. The number of sulfone groups is 1. The first-order chi connectivity index (χ1) is 16.1. The lowest BCUT2D eigenvalue weighted by molar-refractivity contribution is 0.191. The van der Waals surface area contributed by atoms with E-state index in [1.54, 1.807) is 62.8 Å². The van der Waals surface area contributed by atoms with Gasteiger partial charge < -0.3 is 18.9 Å². The fourth-order valence-electron chi connectivity index (χ4n) is 3.35. The zero-order valence-electron chi connectivity index (χ0n) is 20.0. The number of ether oxygens (including phenoxy) is 4. The summed E-state index contributed by atoms with van der Waals surface area (Å²) in [6.07, 6.45) is 8.46. The largest absolute Gasteiger partial charge is 0.494 e. The van der Waals surface area contributed by atoms with Gasteiger partial charge >= 0.3 is 0 Å². The smallest absolute Gasteiger partial charge is 0.206 e. The second-order valence-corrected chi connectivity index (χ2v) is 9.91. The molecular formula is C26H38O6S. The molecule has 184 valence electrons. The Kier molecular flexibility index (Phi) is 12.9. The number of methoxy groups -OCH3 is 2. The molecule has 2 aromatic carbocycles. The number of benzene rings is 2. The van der Waals surface area contributed by atoms with Gasteiger partial charge in [0, 0.05) is 27.4 Å². The van der Waals surface area contributed by atoms with Crippen molar-refractivity contribution in [1.29, 1.82) is 0 Å². The maximum Gasteiger partial charge on any atom is 0.206 e. The summed E-state index contributed by atoms with van der Waals surface area (Å²) >= 11 is 0. The number of rotatable bonds is 18. The van der Waals surface area contributed by atoms with E-state index in [4.69, 9.17) is 18.9 Å². The highest BCUT2D eigenvalue weighted by Crippen LogP contribution is 2.25. The summed E-state index contributed by atoms with van der Waals surface area (Å²) < 4.78 is 47.4. The van der Waals surface area contributed by atoms with Gasteiger partial charge in [0.25, 0.3) is 0 Å². The summed E-state index contributed by atoms with van der Waals surface area (Å²) in [5, 5.41) is 0. The summed E-state index contributed by atoms with van der Waals surface area (Å²) in [6.45, 7) is 2.83. The van der Waals surface area contributed by atoms with Crippen LogP contribution in [0.15, 0.2) is 58.3 Å². The molecule has 0 unspecified atom stereocenters. The van der Waals surface area contributed by atoms with Crippen molar-refractivity contribution in [3.63, 3.8) is 0 Å². The summed E-state index contributed by atoms with van der Waals surface area (Å²) in [6, 6.07) is 13.2. The van der Waals surface area contributed by atoms with E-state index in [0.29, 0.717) is 24.7 Å². The molecule has 0 heterocycles. The molecule has 6 nitrogen and oxygen atoms in total. The van der Waals surface area contributed by atoms with E-state index in [9.17, 15) is 8.42 Å². The molecule has 0 aliphatic carbocycles. The lowest BCUT2D eigenvalue weighted by atomic mass is 10.2. The average molecular weight is 479 g/mol. The van der Waals surface area contributed by atoms with Crippen LogP contribution in [0, 0.1) is 0 Å². The van der Waals surface area contributed by atoms with Crippen LogP contribution >= 0.6 is 0 Å². The van der Waals surface area contributed by atoms with Crippen LogP contribution < -0.4 is 9.47 Å². The predicted octanol–water partition coefficient (Wildman–Crippen LogP) is 5.69. The van der Waals surface area contributed by atoms with Crippen LogP contribution in [0.4, 0.5) is 0 Å². The molecule has 0 saturated heterocycles. The van der Waals surface area contributed by atoms with E-state index in [1.807, 2.05) is 0 Å². The van der Waals surface area contributed by atoms with E-state index < -0.39 is 9.84 Å². The van der Waals surface area contributed by atoms with Crippen molar-refractivity contribution >= 4 is 9.84 Å². The fourth-order valence-corrected chi connectivity index (χ4v) is 4.61. The molecule has 0 radical (unpaired) electrons. The zero-order chi connectivity index (χ0) is 23.8. The minimum absolute atomic E-state index is 0.249. The predicted molar refractivity (Wildman–Crippen MR) is 130 cm³/mol. The Bertz CT molecular complexity index is 795. The number of hydrogen-bond acceptors (Lipinski definition) is 6. The molecule has 0 aliphatic rings. The third-order valence-electron chi connectivity index (χ3n) is 5.29. The first-order valence-electron chi connectivity index (χ1n) is 11.8. The number of unbranched alkanes of at least 4 members (excludes halogenated alkanes) is 6. The molecule has 33 heavy (non-hydrogen) atoms. The highest BCUT2D eigenvalue weighted by atomic mass is 32.2. The van der Waals surface area contributed by atoms with Gasteiger partial charge in [-0.3, -0.25) is 0 Å². The Balaban J connectivity index is 1.78. The van der Waals surface area contributed by atoms with Crippen molar-refractivity contribution < 1.29 is 27.4 Å². The normalized spacial score (nSPS) is 11.5. The maximum absolute atomic E-state index is 12.9. The van der Waals surface area contributed by atoms with Gasteiger partial charge in [-0.25, -0.2) is 8.42 Å². The topological polar surface area (TPSA) is 71.1 Å². The van der Waals surface area contributed by atoms with Gasteiger partial charge in [0.05, 0.1) is 23.0 Å². The van der Waals surface area contributed by atoms with Crippen LogP contribution in [0.5, 0.6) is 11.5 Å². The molecule has 0 bridgehead atoms. The summed E-state index contributed by atoms with van der Waals surface area (Å²) in [5.74, 6) is 1.36. The first kappa shape index (κ1) is 27.2.